The van der Waals surface area contributed by atoms with Crippen molar-refractivity contribution in [2.45, 2.75) is 44.6 Å². The molecular formula is C14H20N4. The van der Waals surface area contributed by atoms with E-state index in [-0.39, 0.29) is 0 Å². The number of hydrogen-bond donors (Lipinski definition) is 1. The minimum atomic E-state index is 0.479. The molecule has 2 heterocycles. The van der Waals surface area contributed by atoms with E-state index in [4.69, 9.17) is 5.73 Å². The molecule has 2 fully saturated rings. The molecule has 3 rings (SSSR count). The number of aromatic nitrogens is 1. The van der Waals surface area contributed by atoms with E-state index in [1.807, 2.05) is 6.07 Å². The predicted molar refractivity (Wildman–Crippen MR) is 72.5 cm³/mol. The lowest BCUT2D eigenvalue weighted by Gasteiger charge is -2.25. The number of nitrogen functional groups attached to an aromatic ring is 1. The standard InChI is InChI=1S/C14H20N4/c15-10-12-9-13(16)14(17-7-3-4-8-17)18(12)11-5-1-2-6-11/h9,11H,1-8,16H2. The van der Waals surface area contributed by atoms with Gasteiger partial charge in [-0.15, -0.1) is 0 Å². The molecule has 1 aliphatic heterocycles. The molecule has 0 aromatic carbocycles. The summed E-state index contributed by atoms with van der Waals surface area (Å²) in [6.45, 7) is 2.15. The van der Waals surface area contributed by atoms with Crippen molar-refractivity contribution in [1.29, 1.82) is 5.26 Å². The largest absolute Gasteiger partial charge is 0.396 e. The maximum atomic E-state index is 9.31. The van der Waals surface area contributed by atoms with Crippen molar-refractivity contribution in [3.63, 3.8) is 0 Å². The molecular weight excluding hydrogens is 224 g/mol. The molecule has 2 aliphatic rings. The lowest BCUT2D eigenvalue weighted by molar-refractivity contribution is 0.515. The van der Waals surface area contributed by atoms with E-state index < -0.39 is 0 Å². The van der Waals surface area contributed by atoms with Gasteiger partial charge in [-0.1, -0.05) is 12.8 Å². The van der Waals surface area contributed by atoms with Gasteiger partial charge >= 0.3 is 0 Å². The van der Waals surface area contributed by atoms with Crippen molar-refractivity contribution in [3.05, 3.63) is 11.8 Å². The summed E-state index contributed by atoms with van der Waals surface area (Å²) in [7, 11) is 0. The molecule has 96 valence electrons. The smallest absolute Gasteiger partial charge is 0.133 e. The topological polar surface area (TPSA) is 58.0 Å². The number of nitrogens with two attached hydrogens (primary N) is 1. The van der Waals surface area contributed by atoms with E-state index in [1.54, 1.807) is 0 Å². The second kappa shape index (κ2) is 4.56. The molecule has 0 radical (unpaired) electrons. The first-order valence-electron chi connectivity index (χ1n) is 6.97. The van der Waals surface area contributed by atoms with Crippen LogP contribution in [0.25, 0.3) is 0 Å². The predicted octanol–water partition coefficient (Wildman–Crippen LogP) is 2.66. The van der Waals surface area contributed by atoms with Crippen molar-refractivity contribution in [2.75, 3.05) is 23.7 Å². The highest BCUT2D eigenvalue weighted by atomic mass is 15.3. The maximum absolute atomic E-state index is 9.31. The van der Waals surface area contributed by atoms with E-state index in [0.717, 1.165) is 30.3 Å². The number of nitriles is 1. The van der Waals surface area contributed by atoms with Gasteiger partial charge in [-0.25, -0.2) is 0 Å². The van der Waals surface area contributed by atoms with Gasteiger partial charge in [0.05, 0.1) is 5.69 Å². The average Bonchev–Trinajstić information content (AvgIpc) is 3.08. The van der Waals surface area contributed by atoms with Gasteiger partial charge in [-0.3, -0.25) is 0 Å². The molecule has 18 heavy (non-hydrogen) atoms. The van der Waals surface area contributed by atoms with Crippen LogP contribution < -0.4 is 10.6 Å². The Labute approximate surface area is 108 Å². The Bertz CT molecular complexity index is 471. The molecule has 4 nitrogen and oxygen atoms in total. The molecule has 0 spiro atoms. The molecule has 0 unspecified atom stereocenters. The highest BCUT2D eigenvalue weighted by Gasteiger charge is 2.27. The Morgan fingerprint density at radius 3 is 2.44 bits per heavy atom. The van der Waals surface area contributed by atoms with Crippen LogP contribution in [-0.2, 0) is 0 Å². The van der Waals surface area contributed by atoms with Crippen LogP contribution in [0.2, 0.25) is 0 Å². The number of anilines is 2. The minimum absolute atomic E-state index is 0.479. The third kappa shape index (κ3) is 1.74. The van der Waals surface area contributed by atoms with Crippen molar-refractivity contribution in [3.8, 4) is 6.07 Å². The summed E-state index contributed by atoms with van der Waals surface area (Å²) >= 11 is 0. The summed E-state index contributed by atoms with van der Waals surface area (Å²) < 4.78 is 2.22. The number of rotatable bonds is 2. The summed E-state index contributed by atoms with van der Waals surface area (Å²) in [6, 6.07) is 4.65. The summed E-state index contributed by atoms with van der Waals surface area (Å²) in [5.41, 5.74) is 7.67. The Morgan fingerprint density at radius 2 is 1.83 bits per heavy atom. The minimum Gasteiger partial charge on any atom is -0.396 e. The Morgan fingerprint density at radius 1 is 1.17 bits per heavy atom. The van der Waals surface area contributed by atoms with Crippen LogP contribution >= 0.6 is 0 Å². The van der Waals surface area contributed by atoms with Crippen LogP contribution in [0.5, 0.6) is 0 Å². The zero-order valence-electron chi connectivity index (χ0n) is 10.7. The molecule has 1 saturated heterocycles. The second-order valence-electron chi connectivity index (χ2n) is 5.42. The fourth-order valence-corrected chi connectivity index (χ4v) is 3.42. The highest BCUT2D eigenvalue weighted by Crippen LogP contribution is 2.39. The third-order valence-electron chi connectivity index (χ3n) is 4.25. The quantitative estimate of drug-likeness (QED) is 0.870. The van der Waals surface area contributed by atoms with Gasteiger partial charge in [0.1, 0.15) is 17.6 Å². The van der Waals surface area contributed by atoms with E-state index in [9.17, 15) is 5.26 Å². The molecule has 2 N–H and O–H groups in total. The third-order valence-corrected chi connectivity index (χ3v) is 4.25. The summed E-state index contributed by atoms with van der Waals surface area (Å²) in [4.78, 5) is 2.36. The molecule has 0 bridgehead atoms. The normalized spacial score (nSPS) is 20.5. The highest BCUT2D eigenvalue weighted by molar-refractivity contribution is 5.68. The van der Waals surface area contributed by atoms with E-state index in [0.29, 0.717) is 6.04 Å². The fraction of sp³-hybridized carbons (Fsp3) is 0.643. The SMILES string of the molecule is N#Cc1cc(N)c(N2CCCC2)n1C1CCCC1. The molecule has 0 atom stereocenters. The zero-order chi connectivity index (χ0) is 12.5. The molecule has 1 aliphatic carbocycles. The van der Waals surface area contributed by atoms with Crippen LogP contribution in [0.15, 0.2) is 6.07 Å². The van der Waals surface area contributed by atoms with Crippen molar-refractivity contribution in [1.82, 2.24) is 4.57 Å². The molecule has 1 saturated carbocycles. The second-order valence-corrected chi connectivity index (χ2v) is 5.42. The Kier molecular flexibility index (Phi) is 2.91. The van der Waals surface area contributed by atoms with Gasteiger partial charge in [0, 0.05) is 19.1 Å². The van der Waals surface area contributed by atoms with Crippen LogP contribution in [0.1, 0.15) is 50.3 Å². The van der Waals surface area contributed by atoms with Crippen molar-refractivity contribution >= 4 is 11.5 Å². The van der Waals surface area contributed by atoms with Crippen molar-refractivity contribution in [2.24, 2.45) is 0 Å². The number of hydrogen-bond acceptors (Lipinski definition) is 3. The van der Waals surface area contributed by atoms with E-state index in [2.05, 4.69) is 15.5 Å². The van der Waals surface area contributed by atoms with Gasteiger partial charge < -0.3 is 15.2 Å². The monoisotopic (exact) mass is 244 g/mol. The van der Waals surface area contributed by atoms with Gasteiger partial charge in [-0.2, -0.15) is 5.26 Å². The Balaban J connectivity index is 2.05. The molecule has 1 aromatic rings. The van der Waals surface area contributed by atoms with E-state index in [1.165, 1.54) is 38.5 Å². The van der Waals surface area contributed by atoms with Crippen LogP contribution in [0.3, 0.4) is 0 Å². The molecule has 4 heteroatoms. The summed E-state index contributed by atoms with van der Waals surface area (Å²) in [5.74, 6) is 1.11. The summed E-state index contributed by atoms with van der Waals surface area (Å²) in [6.07, 6.45) is 7.38. The lowest BCUT2D eigenvalue weighted by atomic mass is 10.2. The van der Waals surface area contributed by atoms with Crippen LogP contribution in [-0.4, -0.2) is 17.7 Å². The van der Waals surface area contributed by atoms with E-state index >= 15 is 0 Å². The van der Waals surface area contributed by atoms with Gasteiger partial charge in [0.2, 0.25) is 0 Å². The van der Waals surface area contributed by atoms with Crippen LogP contribution in [0, 0.1) is 11.3 Å². The fourth-order valence-electron chi connectivity index (χ4n) is 3.42. The molecule has 1 aromatic heterocycles. The maximum Gasteiger partial charge on any atom is 0.133 e. The Hall–Kier alpha value is -1.63. The lowest BCUT2D eigenvalue weighted by Crippen LogP contribution is -2.24. The van der Waals surface area contributed by atoms with Crippen molar-refractivity contribution < 1.29 is 0 Å². The average molecular weight is 244 g/mol. The van der Waals surface area contributed by atoms with Gasteiger partial charge in [-0.05, 0) is 31.7 Å². The summed E-state index contributed by atoms with van der Waals surface area (Å²) in [5, 5.41) is 9.31. The molecule has 0 amide bonds. The number of nitrogens with zero attached hydrogens (tertiary/aromatic N) is 3. The first-order valence-corrected chi connectivity index (χ1v) is 6.97. The van der Waals surface area contributed by atoms with Crippen LogP contribution in [0.4, 0.5) is 11.5 Å². The first kappa shape index (κ1) is 11.5. The van der Waals surface area contributed by atoms with Gasteiger partial charge in [0.15, 0.2) is 0 Å². The van der Waals surface area contributed by atoms with Gasteiger partial charge in [0.25, 0.3) is 0 Å². The zero-order valence-corrected chi connectivity index (χ0v) is 10.7. The first-order chi connectivity index (χ1) is 8.81.